The van der Waals surface area contributed by atoms with Gasteiger partial charge in [-0.2, -0.15) is 4.39 Å². The van der Waals surface area contributed by atoms with Crippen LogP contribution in [0.2, 0.25) is 0 Å². The average Bonchev–Trinajstić information content (AvgIpc) is 3.00. The van der Waals surface area contributed by atoms with Gasteiger partial charge in [0.25, 0.3) is 0 Å². The van der Waals surface area contributed by atoms with Crippen molar-refractivity contribution >= 4 is 23.5 Å². The van der Waals surface area contributed by atoms with Crippen molar-refractivity contribution in [1.82, 2.24) is 15.0 Å². The minimum Gasteiger partial charge on any atom is -0.221 e. The zero-order valence-electron chi connectivity index (χ0n) is 16.9. The molecule has 0 N–H and O–H groups in total. The Morgan fingerprint density at radius 3 is 2.14 bits per heavy atom. The van der Waals surface area contributed by atoms with Crippen LogP contribution in [0.1, 0.15) is 50.7 Å². The van der Waals surface area contributed by atoms with Gasteiger partial charge in [-0.3, -0.25) is 0 Å². The lowest BCUT2D eigenvalue weighted by atomic mass is 9.98. The van der Waals surface area contributed by atoms with Crippen molar-refractivity contribution < 1.29 is 8.78 Å². The molecule has 3 nitrogen and oxygen atoms in total. The maximum atomic E-state index is 13.6. The third kappa shape index (κ3) is 7.59. The van der Waals surface area contributed by atoms with Crippen LogP contribution in [0.15, 0.2) is 40.0 Å². The molecule has 2 aromatic rings. The third-order valence-corrected chi connectivity index (χ3v) is 6.80. The number of rotatable bonds is 12. The van der Waals surface area contributed by atoms with Crippen LogP contribution in [0.25, 0.3) is 0 Å². The van der Waals surface area contributed by atoms with Crippen LogP contribution in [0, 0.1) is 5.95 Å². The quantitative estimate of drug-likeness (QED) is 0.293. The molecule has 0 aliphatic heterocycles. The summed E-state index contributed by atoms with van der Waals surface area (Å²) in [5.74, 6) is 1.37. The molecule has 1 aromatic heterocycles. The van der Waals surface area contributed by atoms with Gasteiger partial charge in [-0.1, -0.05) is 41.2 Å². The van der Waals surface area contributed by atoms with E-state index in [2.05, 4.69) is 34.6 Å². The maximum Gasteiger partial charge on any atom is 0.245 e. The Balaban J connectivity index is 1.68. The topological polar surface area (TPSA) is 30.7 Å². The smallest absolute Gasteiger partial charge is 0.221 e. The van der Waals surface area contributed by atoms with E-state index in [0.717, 1.165) is 59.6 Å². The lowest BCUT2D eigenvalue weighted by molar-refractivity contribution is 0.488. The molecule has 28 heavy (non-hydrogen) atoms. The monoisotopic (exact) mass is 425 g/mol. The summed E-state index contributed by atoms with van der Waals surface area (Å²) in [5, 5.41) is 7.90. The van der Waals surface area contributed by atoms with E-state index in [0.29, 0.717) is 5.03 Å². The van der Waals surface area contributed by atoms with Crippen LogP contribution in [-0.2, 0) is 19.9 Å². The number of aromatic nitrogens is 3. The van der Waals surface area contributed by atoms with E-state index in [1.54, 1.807) is 18.8 Å². The van der Waals surface area contributed by atoms with Gasteiger partial charge < -0.3 is 0 Å². The predicted octanol–water partition coefficient (Wildman–Crippen LogP) is 6.35. The van der Waals surface area contributed by atoms with Gasteiger partial charge in [0, 0.05) is 12.0 Å². The molecule has 0 fully saturated rings. The molecule has 1 heterocycles. The Bertz CT molecular complexity index is 771. The number of nitrogens with zero attached hydrogens (tertiary/aromatic N) is 3. The molecule has 0 saturated heterocycles. The van der Waals surface area contributed by atoms with Crippen molar-refractivity contribution in [1.29, 1.82) is 0 Å². The largest absolute Gasteiger partial charge is 0.245 e. The number of hydrogen-bond donors (Lipinski definition) is 0. The van der Waals surface area contributed by atoms with Crippen LogP contribution < -0.4 is 0 Å². The van der Waals surface area contributed by atoms with Crippen LogP contribution in [0.4, 0.5) is 8.78 Å². The minimum absolute atomic E-state index is 0.0736. The standard InChI is InChI=1S/C21H29F2N3S2/c1-16(22)17(2)27-14-8-6-12-18-10-4-5-11-19(18)13-7-9-15-28-21-20(23)26(3)25-24-21/h4-5,10-11H,6-9,12-15H2,1-3H3/b17-16-. The molecule has 0 unspecified atom stereocenters. The van der Waals surface area contributed by atoms with Gasteiger partial charge in [0.2, 0.25) is 5.95 Å². The first-order valence-corrected chi connectivity index (χ1v) is 11.7. The Morgan fingerprint density at radius 2 is 1.61 bits per heavy atom. The predicted molar refractivity (Wildman–Crippen MR) is 116 cm³/mol. The van der Waals surface area contributed by atoms with Crippen molar-refractivity contribution in [2.45, 2.75) is 57.4 Å². The van der Waals surface area contributed by atoms with Gasteiger partial charge in [0.1, 0.15) is 5.83 Å². The molecule has 2 rings (SSSR count). The number of halogens is 2. The summed E-state index contributed by atoms with van der Waals surface area (Å²) in [5.41, 5.74) is 2.82. The summed E-state index contributed by atoms with van der Waals surface area (Å²) in [6.45, 7) is 3.35. The number of benzene rings is 1. The van der Waals surface area contributed by atoms with E-state index in [4.69, 9.17) is 0 Å². The number of aryl methyl sites for hydroxylation is 3. The number of unbranched alkanes of at least 4 members (excludes halogenated alkanes) is 2. The lowest BCUT2D eigenvalue weighted by Gasteiger charge is -2.09. The molecule has 0 amide bonds. The fraction of sp³-hybridized carbons (Fsp3) is 0.524. The van der Waals surface area contributed by atoms with Gasteiger partial charge in [-0.05, 0) is 75.0 Å². The first-order chi connectivity index (χ1) is 13.5. The average molecular weight is 426 g/mol. The van der Waals surface area contributed by atoms with Crippen molar-refractivity contribution in [2.75, 3.05) is 11.5 Å². The first kappa shape index (κ1) is 22.9. The molecule has 0 radical (unpaired) electrons. The Hall–Kier alpha value is -1.34. The number of hydrogen-bond acceptors (Lipinski definition) is 4. The fourth-order valence-corrected chi connectivity index (χ4v) is 4.53. The zero-order chi connectivity index (χ0) is 20.4. The van der Waals surface area contributed by atoms with Crippen molar-refractivity contribution in [3.8, 4) is 0 Å². The number of thioether (sulfide) groups is 2. The summed E-state index contributed by atoms with van der Waals surface area (Å²) in [4.78, 5) is 0.791. The van der Waals surface area contributed by atoms with Crippen LogP contribution in [-0.4, -0.2) is 26.5 Å². The summed E-state index contributed by atoms with van der Waals surface area (Å²) in [6, 6.07) is 8.61. The Labute approximate surface area is 175 Å². The first-order valence-electron chi connectivity index (χ1n) is 9.69. The highest BCUT2D eigenvalue weighted by Crippen LogP contribution is 2.23. The molecule has 1 aromatic carbocycles. The second-order valence-corrected chi connectivity index (χ2v) is 9.17. The van der Waals surface area contributed by atoms with E-state index in [9.17, 15) is 8.78 Å². The van der Waals surface area contributed by atoms with Crippen LogP contribution >= 0.6 is 23.5 Å². The molecule has 0 bridgehead atoms. The highest BCUT2D eigenvalue weighted by molar-refractivity contribution is 8.03. The fourth-order valence-electron chi connectivity index (χ4n) is 2.79. The van der Waals surface area contributed by atoms with Gasteiger partial charge in [0.15, 0.2) is 5.03 Å². The van der Waals surface area contributed by atoms with Gasteiger partial charge in [0.05, 0.1) is 0 Å². The van der Waals surface area contributed by atoms with Crippen molar-refractivity contribution in [3.05, 3.63) is 52.1 Å². The SMILES string of the molecule is C/C(F)=C(\C)SCCCCc1ccccc1CCCCSc1nnn(C)c1F. The molecule has 0 saturated carbocycles. The molecule has 7 heteroatoms. The summed E-state index contributed by atoms with van der Waals surface area (Å²) in [7, 11) is 1.56. The van der Waals surface area contributed by atoms with Crippen LogP contribution in [0.5, 0.6) is 0 Å². The molecular weight excluding hydrogens is 396 g/mol. The highest BCUT2D eigenvalue weighted by atomic mass is 32.2. The second kappa shape index (κ2) is 12.3. The van der Waals surface area contributed by atoms with E-state index in [1.807, 2.05) is 6.92 Å². The lowest BCUT2D eigenvalue weighted by Crippen LogP contribution is -1.96. The highest BCUT2D eigenvalue weighted by Gasteiger charge is 2.10. The normalized spacial score (nSPS) is 12.3. The number of allylic oxidation sites excluding steroid dienone is 2. The Morgan fingerprint density at radius 1 is 1.00 bits per heavy atom. The molecule has 154 valence electrons. The second-order valence-electron chi connectivity index (χ2n) is 6.78. The molecular formula is C21H29F2N3S2. The van der Waals surface area contributed by atoms with E-state index >= 15 is 0 Å². The van der Waals surface area contributed by atoms with E-state index in [1.165, 1.54) is 29.8 Å². The molecule has 0 aliphatic rings. The molecule has 0 aliphatic carbocycles. The zero-order valence-corrected chi connectivity index (χ0v) is 18.5. The summed E-state index contributed by atoms with van der Waals surface area (Å²) >= 11 is 3.04. The van der Waals surface area contributed by atoms with Gasteiger partial charge in [-0.25, -0.2) is 9.07 Å². The van der Waals surface area contributed by atoms with Crippen LogP contribution in [0.3, 0.4) is 0 Å². The maximum absolute atomic E-state index is 13.6. The third-order valence-electron chi connectivity index (χ3n) is 4.57. The Kier molecular flexibility index (Phi) is 10.1. The molecule has 0 atom stereocenters. The van der Waals surface area contributed by atoms with E-state index in [-0.39, 0.29) is 11.8 Å². The van der Waals surface area contributed by atoms with Gasteiger partial charge >= 0.3 is 0 Å². The van der Waals surface area contributed by atoms with E-state index < -0.39 is 0 Å². The molecule has 0 spiro atoms. The van der Waals surface area contributed by atoms with Gasteiger partial charge in [-0.15, -0.1) is 16.9 Å². The minimum atomic E-state index is -0.360. The summed E-state index contributed by atoms with van der Waals surface area (Å²) in [6.07, 6.45) is 6.39. The summed E-state index contributed by atoms with van der Waals surface area (Å²) < 4.78 is 27.8. The van der Waals surface area contributed by atoms with Crippen molar-refractivity contribution in [3.63, 3.8) is 0 Å². The van der Waals surface area contributed by atoms with Crippen molar-refractivity contribution in [2.24, 2.45) is 7.05 Å².